The van der Waals surface area contributed by atoms with Gasteiger partial charge in [0.1, 0.15) is 31.3 Å². The number of aliphatic hydroxyl groups is 1. The highest BCUT2D eigenvalue weighted by molar-refractivity contribution is 8.03. The molecule has 0 saturated carbocycles. The van der Waals surface area contributed by atoms with Gasteiger partial charge < -0.3 is 48.4 Å². The number of aryl methyl sites for hydroxylation is 1. The molecule has 3 aliphatic rings. The first kappa shape index (κ1) is 31.6. The first-order valence-corrected chi connectivity index (χ1v) is 15.0. The predicted molar refractivity (Wildman–Crippen MR) is 151 cm³/mol. The van der Waals surface area contributed by atoms with Crippen LogP contribution in [0.2, 0.25) is 0 Å². The molecule has 5 heterocycles. The van der Waals surface area contributed by atoms with Crippen molar-refractivity contribution in [2.45, 2.75) is 50.1 Å². The summed E-state index contributed by atoms with van der Waals surface area (Å²) in [6.07, 6.45) is 9.34. The van der Waals surface area contributed by atoms with Crippen LogP contribution in [0.1, 0.15) is 25.1 Å². The summed E-state index contributed by atoms with van der Waals surface area (Å²) in [6, 6.07) is -0.396. The second kappa shape index (κ2) is 12.9. The Hall–Kier alpha value is -2.36. The number of aliphatic hydroxyl groups excluding tert-OH is 1. The van der Waals surface area contributed by atoms with Crippen LogP contribution >= 0.6 is 23.1 Å². The van der Waals surface area contributed by atoms with Crippen LogP contribution < -0.4 is 28.5 Å². The third kappa shape index (κ3) is 5.95. The van der Waals surface area contributed by atoms with Crippen molar-refractivity contribution in [2.24, 2.45) is 18.9 Å². The van der Waals surface area contributed by atoms with Gasteiger partial charge in [-0.3, -0.25) is 4.79 Å². The Bertz CT molecular complexity index is 1360. The van der Waals surface area contributed by atoms with E-state index in [1.807, 2.05) is 24.9 Å². The highest BCUT2D eigenvalue weighted by Gasteiger charge is 2.60. The second-order valence-corrected chi connectivity index (χ2v) is 13.0. The SMILES string of the molecule is C=CCOC(=O)C1=C(S[C@H]2C[C@@H](Cc3cn4c[n+](C)cc4s3)N(C(=O)OCC=C)C2)[C@H](C)[C@@H]2[C@@H]([C@@H](C)O)C(=O)N12.[I-]. The van der Waals surface area contributed by atoms with E-state index in [2.05, 4.69) is 30.0 Å². The van der Waals surface area contributed by atoms with Gasteiger partial charge in [-0.2, -0.15) is 4.40 Å². The van der Waals surface area contributed by atoms with Crippen LogP contribution in [0.15, 0.2) is 54.6 Å². The fourth-order valence-corrected chi connectivity index (χ4v) is 8.68. The lowest BCUT2D eigenvalue weighted by Gasteiger charge is -2.46. The minimum Gasteiger partial charge on any atom is -1.00 e. The molecule has 41 heavy (non-hydrogen) atoms. The van der Waals surface area contributed by atoms with E-state index in [1.54, 1.807) is 29.2 Å². The van der Waals surface area contributed by atoms with Crippen LogP contribution in [-0.2, 0) is 32.5 Å². The number of carbonyl (C=O) groups is 3. The predicted octanol–water partition coefficient (Wildman–Crippen LogP) is -0.331. The van der Waals surface area contributed by atoms with E-state index in [0.717, 1.165) is 14.6 Å². The number of esters is 1. The number of aromatic nitrogens is 2. The van der Waals surface area contributed by atoms with Gasteiger partial charge in [-0.25, -0.2) is 14.2 Å². The van der Waals surface area contributed by atoms with Crippen molar-refractivity contribution in [1.29, 1.82) is 0 Å². The van der Waals surface area contributed by atoms with Gasteiger partial charge in [0.2, 0.25) is 17.1 Å². The molecule has 2 fully saturated rings. The number of β-lactam (4-membered cyclic amide) rings is 1. The number of amides is 2. The molecule has 222 valence electrons. The van der Waals surface area contributed by atoms with Gasteiger partial charge in [-0.1, -0.05) is 43.6 Å². The van der Waals surface area contributed by atoms with E-state index in [0.29, 0.717) is 19.4 Å². The molecule has 5 rings (SSSR count). The molecule has 2 aromatic heterocycles. The first-order valence-electron chi connectivity index (χ1n) is 13.3. The Morgan fingerprint density at radius 3 is 2.66 bits per heavy atom. The lowest BCUT2D eigenvalue weighted by Crippen LogP contribution is -3.00. The standard InChI is InChI=1S/C28H35N4O6S2.HI/c1-6-8-37-27(35)24-25(16(3)23-22(17(4)33)26(34)32(23)24)40-20-11-18(31(13-20)28(36)38-9-7-2)10-19-12-30-15-29(5)14-21(30)39-19;/h6-7,12,14-18,20,22-23,33H,1-2,8-11,13H2,3-5H3;1H/q+1;/p-1/t16-,17-,18-,20+,22-,23-;/m1./s1. The number of halogens is 1. The van der Waals surface area contributed by atoms with Crippen LogP contribution in [0, 0.1) is 11.8 Å². The number of likely N-dealkylation sites (tertiary alicyclic amines) is 1. The van der Waals surface area contributed by atoms with Crippen LogP contribution in [0.3, 0.4) is 0 Å². The molecule has 2 aromatic rings. The summed E-state index contributed by atoms with van der Waals surface area (Å²) >= 11 is 3.22. The Labute approximate surface area is 264 Å². The fourth-order valence-electron chi connectivity index (χ4n) is 5.99. The van der Waals surface area contributed by atoms with Gasteiger partial charge in [-0.15, -0.1) is 11.8 Å². The van der Waals surface area contributed by atoms with Crippen molar-refractivity contribution < 1.29 is 57.5 Å². The van der Waals surface area contributed by atoms with Gasteiger partial charge in [0, 0.05) is 35.1 Å². The van der Waals surface area contributed by atoms with Crippen molar-refractivity contribution >= 4 is 45.9 Å². The summed E-state index contributed by atoms with van der Waals surface area (Å²) in [7, 11) is 1.98. The lowest BCUT2D eigenvalue weighted by molar-refractivity contribution is -0.669. The van der Waals surface area contributed by atoms with E-state index in [1.165, 1.54) is 22.7 Å². The van der Waals surface area contributed by atoms with Gasteiger partial charge >= 0.3 is 12.1 Å². The molecule has 6 atom stereocenters. The van der Waals surface area contributed by atoms with Crippen molar-refractivity contribution in [2.75, 3.05) is 19.8 Å². The summed E-state index contributed by atoms with van der Waals surface area (Å²) < 4.78 is 14.9. The number of carbonyl (C=O) groups excluding carboxylic acids is 3. The molecule has 2 saturated heterocycles. The summed E-state index contributed by atoms with van der Waals surface area (Å²) in [5.74, 6) is -1.57. The number of hydrogen-bond donors (Lipinski definition) is 1. The first-order chi connectivity index (χ1) is 19.1. The Balaban J connectivity index is 0.00000387. The van der Waals surface area contributed by atoms with Crippen LogP contribution in [0.4, 0.5) is 4.79 Å². The molecule has 0 aliphatic carbocycles. The highest BCUT2D eigenvalue weighted by atomic mass is 127. The van der Waals surface area contributed by atoms with Gasteiger partial charge in [0.15, 0.2) is 0 Å². The van der Waals surface area contributed by atoms with Crippen LogP contribution in [-0.4, -0.2) is 80.5 Å². The molecular weight excluding hydrogens is 679 g/mol. The molecule has 13 heteroatoms. The van der Waals surface area contributed by atoms with E-state index in [-0.39, 0.29) is 72.0 Å². The summed E-state index contributed by atoms with van der Waals surface area (Å²) in [6.45, 7) is 11.4. The summed E-state index contributed by atoms with van der Waals surface area (Å²) in [4.78, 5) is 45.5. The zero-order valence-electron chi connectivity index (χ0n) is 23.3. The van der Waals surface area contributed by atoms with Gasteiger partial charge in [0.05, 0.1) is 30.0 Å². The van der Waals surface area contributed by atoms with E-state index in [4.69, 9.17) is 9.47 Å². The Kier molecular flexibility index (Phi) is 9.92. The molecule has 1 N–H and O–H groups in total. The molecular formula is C28H35IN4O6S2. The van der Waals surface area contributed by atoms with Crippen LogP contribution in [0.5, 0.6) is 0 Å². The molecule has 3 aliphatic heterocycles. The van der Waals surface area contributed by atoms with E-state index < -0.39 is 24.1 Å². The quantitative estimate of drug-likeness (QED) is 0.118. The number of imidazole rings is 1. The molecule has 0 unspecified atom stereocenters. The zero-order chi connectivity index (χ0) is 28.7. The topological polar surface area (TPSA) is 105 Å². The number of hydrogen-bond acceptors (Lipinski definition) is 8. The van der Waals surface area contributed by atoms with Crippen LogP contribution in [0.25, 0.3) is 4.83 Å². The number of fused-ring (bicyclic) bond motifs is 2. The van der Waals surface area contributed by atoms with Gasteiger partial charge in [-0.05, 0) is 13.3 Å². The van der Waals surface area contributed by atoms with Crippen molar-refractivity contribution in [3.63, 3.8) is 0 Å². The molecule has 0 bridgehead atoms. The normalized spacial score (nSPS) is 26.0. The number of rotatable bonds is 10. The van der Waals surface area contributed by atoms with Crippen molar-refractivity contribution in [3.8, 4) is 0 Å². The number of nitrogens with zero attached hydrogens (tertiary/aromatic N) is 4. The molecule has 2 amide bonds. The Morgan fingerprint density at radius 2 is 2.00 bits per heavy atom. The fraction of sp³-hybridized carbons (Fsp3) is 0.500. The third-order valence-electron chi connectivity index (χ3n) is 7.69. The second-order valence-electron chi connectivity index (χ2n) is 10.6. The number of thioether (sulfide) groups is 1. The van der Waals surface area contributed by atoms with E-state index in [9.17, 15) is 19.5 Å². The van der Waals surface area contributed by atoms with E-state index >= 15 is 0 Å². The lowest BCUT2D eigenvalue weighted by atomic mass is 9.79. The molecule has 10 nitrogen and oxygen atoms in total. The molecule has 0 spiro atoms. The Morgan fingerprint density at radius 1 is 1.29 bits per heavy atom. The highest BCUT2D eigenvalue weighted by Crippen LogP contribution is 2.52. The smallest absolute Gasteiger partial charge is 0.410 e. The van der Waals surface area contributed by atoms with Crippen molar-refractivity contribution in [3.05, 3.63) is 59.5 Å². The molecule has 0 aromatic carbocycles. The number of thiazole rings is 1. The van der Waals surface area contributed by atoms with Gasteiger partial charge in [0.25, 0.3) is 0 Å². The molecule has 0 radical (unpaired) electrons. The minimum atomic E-state index is -0.823. The maximum Gasteiger partial charge on any atom is 0.410 e. The maximum absolute atomic E-state index is 13.1. The monoisotopic (exact) mass is 714 g/mol. The maximum atomic E-state index is 13.1. The minimum absolute atomic E-state index is 0. The average molecular weight is 715 g/mol. The summed E-state index contributed by atoms with van der Waals surface area (Å²) in [5, 5.41) is 10.2. The summed E-state index contributed by atoms with van der Waals surface area (Å²) in [5.41, 5.74) is 0.247. The van der Waals surface area contributed by atoms with Crippen molar-refractivity contribution in [1.82, 2.24) is 14.2 Å². The average Bonchev–Trinajstić information content (AvgIpc) is 3.62. The largest absolute Gasteiger partial charge is 1.00 e. The third-order valence-corrected chi connectivity index (χ3v) is 10.2. The number of ether oxygens (including phenoxy) is 2. The zero-order valence-corrected chi connectivity index (χ0v) is 27.1.